The number of thioether (sulfide) groups is 1. The Balaban J connectivity index is 1.77. The van der Waals surface area contributed by atoms with Crippen LogP contribution in [-0.2, 0) is 4.79 Å². The fraction of sp³-hybridized carbons (Fsp3) is 0.353. The zero-order valence-electron chi connectivity index (χ0n) is 13.3. The number of carbonyl (C=O) groups is 1. The van der Waals surface area contributed by atoms with Crippen molar-refractivity contribution >= 4 is 23.3 Å². The molecule has 1 unspecified atom stereocenters. The van der Waals surface area contributed by atoms with Crippen LogP contribution in [0.15, 0.2) is 35.5 Å². The first-order valence-electron chi connectivity index (χ1n) is 7.72. The number of aromatic nitrogens is 3. The van der Waals surface area contributed by atoms with Crippen molar-refractivity contribution in [2.45, 2.75) is 30.8 Å². The molecule has 0 radical (unpaired) electrons. The van der Waals surface area contributed by atoms with E-state index in [0.717, 1.165) is 24.4 Å². The predicted octanol–water partition coefficient (Wildman–Crippen LogP) is 2.99. The number of nitrogens with one attached hydrogen (secondary N) is 1. The van der Waals surface area contributed by atoms with Gasteiger partial charge in [0.15, 0.2) is 5.78 Å². The summed E-state index contributed by atoms with van der Waals surface area (Å²) in [4.78, 5) is 16.6. The van der Waals surface area contributed by atoms with E-state index in [9.17, 15) is 4.79 Å². The number of hydrogen-bond acceptors (Lipinski definition) is 6. The maximum atomic E-state index is 12.1. The quantitative estimate of drug-likeness (QED) is 0.618. The summed E-state index contributed by atoms with van der Waals surface area (Å²) in [6, 6.07) is 11.7. The minimum Gasteiger partial charge on any atom is -0.308 e. The minimum atomic E-state index is -0.975. The van der Waals surface area contributed by atoms with Crippen molar-refractivity contribution in [3.63, 3.8) is 0 Å². The van der Waals surface area contributed by atoms with Gasteiger partial charge in [-0.1, -0.05) is 30.0 Å². The fourth-order valence-electron chi connectivity index (χ4n) is 2.36. The molecule has 24 heavy (non-hydrogen) atoms. The Bertz CT molecular complexity index is 804. The van der Waals surface area contributed by atoms with Crippen LogP contribution in [0.3, 0.4) is 0 Å². The Labute approximate surface area is 144 Å². The van der Waals surface area contributed by atoms with Crippen LogP contribution in [0.1, 0.15) is 31.5 Å². The van der Waals surface area contributed by atoms with Crippen LogP contribution in [0.5, 0.6) is 0 Å². The number of nitrogens with zero attached hydrogens (tertiary/aromatic N) is 4. The molecule has 1 heterocycles. The third-order valence-corrected chi connectivity index (χ3v) is 4.64. The maximum Gasteiger partial charge on any atom is 0.209 e. The summed E-state index contributed by atoms with van der Waals surface area (Å²) in [5.74, 6) is 0.197. The van der Waals surface area contributed by atoms with E-state index in [1.807, 2.05) is 41.1 Å². The molecule has 1 fully saturated rings. The average molecular weight is 339 g/mol. The smallest absolute Gasteiger partial charge is 0.209 e. The summed E-state index contributed by atoms with van der Waals surface area (Å²) in [7, 11) is 0. The van der Waals surface area contributed by atoms with Crippen molar-refractivity contribution in [3.8, 4) is 11.8 Å². The van der Waals surface area contributed by atoms with Crippen molar-refractivity contribution in [1.29, 1.82) is 10.7 Å². The molecule has 0 aliphatic heterocycles. The fourth-order valence-corrected chi connectivity index (χ4v) is 3.10. The van der Waals surface area contributed by atoms with Crippen LogP contribution >= 0.6 is 11.8 Å². The van der Waals surface area contributed by atoms with E-state index in [4.69, 9.17) is 10.7 Å². The van der Waals surface area contributed by atoms with Crippen LogP contribution in [0.2, 0.25) is 0 Å². The van der Waals surface area contributed by atoms with Gasteiger partial charge < -0.3 is 5.41 Å². The molecule has 0 amide bonds. The standard InChI is InChI=1S/C17H17N5OS/c1-11(19)14(9-18)15(23)10-24-17-20-16(12-7-8-12)22(21-17)13-5-3-2-4-6-13/h2-6,12,14,19H,7-8,10H2,1H3. The molecule has 122 valence electrons. The second-order valence-electron chi connectivity index (χ2n) is 5.77. The third kappa shape index (κ3) is 3.54. The van der Waals surface area contributed by atoms with Crippen molar-refractivity contribution in [2.24, 2.45) is 5.92 Å². The normalized spacial score (nSPS) is 14.8. The van der Waals surface area contributed by atoms with Crippen LogP contribution < -0.4 is 0 Å². The van der Waals surface area contributed by atoms with Gasteiger partial charge in [-0.15, -0.1) is 5.10 Å². The second-order valence-corrected chi connectivity index (χ2v) is 6.72. The van der Waals surface area contributed by atoms with Crippen LogP contribution in [-0.4, -0.2) is 32.0 Å². The van der Waals surface area contributed by atoms with Gasteiger partial charge in [0.2, 0.25) is 5.16 Å². The average Bonchev–Trinajstić information content (AvgIpc) is 3.34. The van der Waals surface area contributed by atoms with Gasteiger partial charge >= 0.3 is 0 Å². The monoisotopic (exact) mass is 339 g/mol. The van der Waals surface area contributed by atoms with Crippen molar-refractivity contribution in [1.82, 2.24) is 14.8 Å². The number of carbonyl (C=O) groups excluding carboxylic acids is 1. The van der Waals surface area contributed by atoms with Crippen LogP contribution in [0.25, 0.3) is 5.69 Å². The Morgan fingerprint density at radius 2 is 2.17 bits per heavy atom. The lowest BCUT2D eigenvalue weighted by Gasteiger charge is -2.04. The van der Waals surface area contributed by atoms with Crippen LogP contribution in [0, 0.1) is 22.7 Å². The number of Topliss-reactive ketones (excluding diaryl/α,β-unsaturated/α-hetero) is 1. The van der Waals surface area contributed by atoms with E-state index in [0.29, 0.717) is 11.1 Å². The highest BCUT2D eigenvalue weighted by Gasteiger charge is 2.30. The van der Waals surface area contributed by atoms with Gasteiger partial charge in [-0.05, 0) is 31.9 Å². The molecule has 0 spiro atoms. The van der Waals surface area contributed by atoms with Gasteiger partial charge in [-0.3, -0.25) is 4.79 Å². The Hall–Kier alpha value is -2.46. The largest absolute Gasteiger partial charge is 0.308 e. The highest BCUT2D eigenvalue weighted by Crippen LogP contribution is 2.40. The Morgan fingerprint density at radius 3 is 2.75 bits per heavy atom. The lowest BCUT2D eigenvalue weighted by molar-refractivity contribution is -0.117. The van der Waals surface area contributed by atoms with Crippen LogP contribution in [0.4, 0.5) is 0 Å². The maximum absolute atomic E-state index is 12.1. The molecule has 1 aliphatic rings. The van der Waals surface area contributed by atoms with E-state index in [-0.39, 0.29) is 17.2 Å². The summed E-state index contributed by atoms with van der Waals surface area (Å²) >= 11 is 1.22. The number of benzene rings is 1. The number of rotatable bonds is 7. The second kappa shape index (κ2) is 6.97. The van der Waals surface area contributed by atoms with Gasteiger partial charge in [-0.25, -0.2) is 9.67 Å². The molecule has 0 saturated heterocycles. The lowest BCUT2D eigenvalue weighted by Crippen LogP contribution is -2.21. The van der Waals surface area contributed by atoms with E-state index in [1.54, 1.807) is 0 Å². The van der Waals surface area contributed by atoms with E-state index in [2.05, 4.69) is 10.1 Å². The molecule has 1 saturated carbocycles. The molecule has 6 nitrogen and oxygen atoms in total. The minimum absolute atomic E-state index is 0.0737. The number of ketones is 1. The zero-order chi connectivity index (χ0) is 17.1. The van der Waals surface area contributed by atoms with Gasteiger partial charge in [0, 0.05) is 11.6 Å². The van der Waals surface area contributed by atoms with E-state index >= 15 is 0 Å². The van der Waals surface area contributed by atoms with Gasteiger partial charge in [0.25, 0.3) is 0 Å². The number of nitriles is 1. The molecule has 1 aliphatic carbocycles. The first-order chi connectivity index (χ1) is 11.6. The Morgan fingerprint density at radius 1 is 1.46 bits per heavy atom. The topological polar surface area (TPSA) is 95.4 Å². The van der Waals surface area contributed by atoms with Gasteiger partial charge in [0.1, 0.15) is 11.7 Å². The third-order valence-electron chi connectivity index (χ3n) is 3.78. The summed E-state index contributed by atoms with van der Waals surface area (Å²) in [6.07, 6.45) is 2.22. The summed E-state index contributed by atoms with van der Waals surface area (Å²) in [6.45, 7) is 1.48. The molecule has 1 aromatic carbocycles. The highest BCUT2D eigenvalue weighted by molar-refractivity contribution is 7.99. The van der Waals surface area contributed by atoms with Crippen molar-refractivity contribution in [2.75, 3.05) is 5.75 Å². The zero-order valence-corrected chi connectivity index (χ0v) is 14.1. The molecular formula is C17H17N5OS. The van der Waals surface area contributed by atoms with Crippen molar-refractivity contribution in [3.05, 3.63) is 36.2 Å². The first kappa shape index (κ1) is 16.4. The number of hydrogen-bond donors (Lipinski definition) is 1. The Kier molecular flexibility index (Phi) is 4.76. The lowest BCUT2D eigenvalue weighted by atomic mass is 10.0. The molecule has 2 aromatic rings. The predicted molar refractivity (Wildman–Crippen MR) is 91.6 cm³/mol. The van der Waals surface area contributed by atoms with Gasteiger partial charge in [-0.2, -0.15) is 5.26 Å². The van der Waals surface area contributed by atoms with Gasteiger partial charge in [0.05, 0.1) is 17.5 Å². The van der Waals surface area contributed by atoms with Crippen molar-refractivity contribution < 1.29 is 4.79 Å². The molecule has 1 aromatic heterocycles. The molecule has 7 heteroatoms. The highest BCUT2D eigenvalue weighted by atomic mass is 32.2. The SMILES string of the molecule is CC(=N)C(C#N)C(=O)CSc1nc(C2CC2)n(-c2ccccc2)n1. The first-order valence-corrected chi connectivity index (χ1v) is 8.71. The van der Waals surface area contributed by atoms with E-state index in [1.165, 1.54) is 18.7 Å². The molecule has 3 rings (SSSR count). The number of para-hydroxylation sites is 1. The summed E-state index contributed by atoms with van der Waals surface area (Å²) in [5, 5.41) is 21.5. The summed E-state index contributed by atoms with van der Waals surface area (Å²) < 4.78 is 1.84. The molecule has 0 bridgehead atoms. The summed E-state index contributed by atoms with van der Waals surface area (Å²) in [5.41, 5.74) is 1.03. The molecule has 1 N–H and O–H groups in total. The van der Waals surface area contributed by atoms with E-state index < -0.39 is 5.92 Å². The molecule has 1 atom stereocenters. The molecular weight excluding hydrogens is 322 g/mol.